The lowest BCUT2D eigenvalue weighted by molar-refractivity contribution is 0.0226. The van der Waals surface area contributed by atoms with Crippen LogP contribution in [0.5, 0.6) is 0 Å². The number of carbonyl (C=O) groups excluding carboxylic acids is 1. The van der Waals surface area contributed by atoms with Gasteiger partial charge in [0, 0.05) is 25.7 Å². The molecule has 0 saturated carbocycles. The van der Waals surface area contributed by atoms with Crippen LogP contribution in [0.3, 0.4) is 0 Å². The molecule has 0 aromatic heterocycles. The Bertz CT molecular complexity index is 302. The van der Waals surface area contributed by atoms with Gasteiger partial charge in [-0.15, -0.1) is 0 Å². The fourth-order valence-electron chi connectivity index (χ4n) is 2.59. The van der Waals surface area contributed by atoms with Crippen LogP contribution in [0, 0.1) is 0 Å². The van der Waals surface area contributed by atoms with Gasteiger partial charge in [-0.3, -0.25) is 0 Å². The first kappa shape index (κ1) is 18.2. The summed E-state index contributed by atoms with van der Waals surface area (Å²) in [5, 5.41) is 12.1. The Kier molecular flexibility index (Phi) is 8.04. The molecule has 1 rings (SSSR count). The average Bonchev–Trinajstić information content (AvgIpc) is 2.84. The van der Waals surface area contributed by atoms with E-state index < -0.39 is 5.60 Å². The first-order chi connectivity index (χ1) is 9.94. The Morgan fingerprint density at radius 1 is 1.29 bits per heavy atom. The second kappa shape index (κ2) is 9.26. The van der Waals surface area contributed by atoms with Crippen LogP contribution in [0.25, 0.3) is 0 Å². The number of aliphatic hydroxyl groups excluding tert-OH is 1. The van der Waals surface area contributed by atoms with Crippen molar-refractivity contribution in [3.8, 4) is 0 Å². The van der Waals surface area contributed by atoms with Crippen LogP contribution < -0.4 is 5.32 Å². The number of rotatable bonds is 8. The monoisotopic (exact) mass is 300 g/mol. The largest absolute Gasteiger partial charge is 0.444 e. The number of likely N-dealkylation sites (tertiary alicyclic amines) is 1. The maximum absolute atomic E-state index is 12.1. The minimum absolute atomic E-state index is 0.185. The summed E-state index contributed by atoms with van der Waals surface area (Å²) in [5.74, 6) is 0. The lowest BCUT2D eigenvalue weighted by atomic mass is 10.2. The van der Waals surface area contributed by atoms with Crippen molar-refractivity contribution in [3.05, 3.63) is 0 Å². The standard InChI is InChI=1S/C16H32N2O3/c1-16(2,3)21-15(20)18-11-8-9-14(18)13-17-10-6-4-5-7-12-19/h14,17,19H,4-13H2,1-3H3. The summed E-state index contributed by atoms with van der Waals surface area (Å²) in [6.07, 6.45) is 6.18. The molecule has 5 heteroatoms. The van der Waals surface area contributed by atoms with Gasteiger partial charge in [-0.05, 0) is 53.0 Å². The zero-order chi connectivity index (χ0) is 15.7. The first-order valence-corrected chi connectivity index (χ1v) is 8.25. The number of hydrogen-bond acceptors (Lipinski definition) is 4. The number of ether oxygens (including phenoxy) is 1. The Morgan fingerprint density at radius 2 is 2.00 bits per heavy atom. The lowest BCUT2D eigenvalue weighted by Crippen LogP contribution is -2.44. The third kappa shape index (κ3) is 7.67. The SMILES string of the molecule is CC(C)(C)OC(=O)N1CCCC1CNCCCCCCO. The zero-order valence-corrected chi connectivity index (χ0v) is 13.9. The van der Waals surface area contributed by atoms with Gasteiger partial charge in [-0.25, -0.2) is 4.79 Å². The van der Waals surface area contributed by atoms with Crippen LogP contribution in [-0.2, 0) is 4.74 Å². The molecule has 1 saturated heterocycles. The second-order valence-electron chi connectivity index (χ2n) is 6.81. The highest BCUT2D eigenvalue weighted by Gasteiger charge is 2.31. The summed E-state index contributed by atoms with van der Waals surface area (Å²) in [4.78, 5) is 14.0. The van der Waals surface area contributed by atoms with Crippen molar-refractivity contribution >= 4 is 6.09 Å². The van der Waals surface area contributed by atoms with Gasteiger partial charge in [-0.1, -0.05) is 12.8 Å². The van der Waals surface area contributed by atoms with Crippen molar-refractivity contribution in [2.24, 2.45) is 0 Å². The summed E-state index contributed by atoms with van der Waals surface area (Å²) in [6, 6.07) is 0.261. The van der Waals surface area contributed by atoms with E-state index in [1.54, 1.807) is 0 Å². The van der Waals surface area contributed by atoms with E-state index in [9.17, 15) is 4.79 Å². The number of hydrogen-bond donors (Lipinski definition) is 2. The third-order valence-electron chi connectivity index (χ3n) is 3.65. The van der Waals surface area contributed by atoms with E-state index >= 15 is 0 Å². The molecular weight excluding hydrogens is 268 g/mol. The number of unbranched alkanes of at least 4 members (excludes halogenated alkanes) is 3. The van der Waals surface area contributed by atoms with Crippen molar-refractivity contribution in [3.63, 3.8) is 0 Å². The van der Waals surface area contributed by atoms with Crippen LogP contribution in [0.4, 0.5) is 4.79 Å². The quantitative estimate of drug-likeness (QED) is 0.676. The number of aliphatic hydroxyl groups is 1. The highest BCUT2D eigenvalue weighted by molar-refractivity contribution is 5.69. The molecule has 1 amide bonds. The van der Waals surface area contributed by atoms with Gasteiger partial charge in [0.25, 0.3) is 0 Å². The lowest BCUT2D eigenvalue weighted by Gasteiger charge is -2.28. The molecule has 2 N–H and O–H groups in total. The number of nitrogens with one attached hydrogen (secondary N) is 1. The van der Waals surface area contributed by atoms with Gasteiger partial charge in [-0.2, -0.15) is 0 Å². The highest BCUT2D eigenvalue weighted by Crippen LogP contribution is 2.20. The molecule has 1 aliphatic heterocycles. The molecule has 1 unspecified atom stereocenters. The molecule has 0 aliphatic carbocycles. The predicted octanol–water partition coefficient (Wildman–Crippen LogP) is 2.53. The molecule has 1 fully saturated rings. The minimum Gasteiger partial charge on any atom is -0.444 e. The summed E-state index contributed by atoms with van der Waals surface area (Å²) in [6.45, 7) is 8.63. The molecule has 1 aliphatic rings. The molecule has 1 atom stereocenters. The van der Waals surface area contributed by atoms with Crippen molar-refractivity contribution < 1.29 is 14.6 Å². The fraction of sp³-hybridized carbons (Fsp3) is 0.938. The molecule has 0 spiro atoms. The van der Waals surface area contributed by atoms with Gasteiger partial charge in [0.15, 0.2) is 0 Å². The Morgan fingerprint density at radius 3 is 2.67 bits per heavy atom. The van der Waals surface area contributed by atoms with Gasteiger partial charge >= 0.3 is 6.09 Å². The average molecular weight is 300 g/mol. The summed E-state index contributed by atoms with van der Waals surface area (Å²) >= 11 is 0. The van der Waals surface area contributed by atoms with Crippen LogP contribution in [0.15, 0.2) is 0 Å². The fourth-order valence-corrected chi connectivity index (χ4v) is 2.59. The first-order valence-electron chi connectivity index (χ1n) is 8.25. The van der Waals surface area contributed by atoms with E-state index in [2.05, 4.69) is 5.32 Å². The smallest absolute Gasteiger partial charge is 0.410 e. The second-order valence-corrected chi connectivity index (χ2v) is 6.81. The molecule has 1 heterocycles. The van der Waals surface area contributed by atoms with E-state index in [-0.39, 0.29) is 12.1 Å². The van der Waals surface area contributed by atoms with Crippen LogP contribution in [0.1, 0.15) is 59.3 Å². The molecule has 0 aromatic carbocycles. The van der Waals surface area contributed by atoms with E-state index in [0.29, 0.717) is 6.61 Å². The van der Waals surface area contributed by atoms with Crippen LogP contribution in [-0.4, -0.2) is 54.0 Å². The molecule has 124 valence electrons. The topological polar surface area (TPSA) is 61.8 Å². The van der Waals surface area contributed by atoms with Gasteiger partial charge in [0.05, 0.1) is 0 Å². The molecule has 21 heavy (non-hydrogen) atoms. The summed E-state index contributed by atoms with van der Waals surface area (Å²) < 4.78 is 5.46. The van der Waals surface area contributed by atoms with E-state index in [1.807, 2.05) is 25.7 Å². The molecular formula is C16H32N2O3. The number of carbonyl (C=O) groups is 1. The third-order valence-corrected chi connectivity index (χ3v) is 3.65. The van der Waals surface area contributed by atoms with Crippen molar-refractivity contribution in [1.29, 1.82) is 0 Å². The molecule has 5 nitrogen and oxygen atoms in total. The van der Waals surface area contributed by atoms with E-state index in [4.69, 9.17) is 9.84 Å². The van der Waals surface area contributed by atoms with Crippen molar-refractivity contribution in [2.45, 2.75) is 70.9 Å². The zero-order valence-electron chi connectivity index (χ0n) is 13.9. The summed E-state index contributed by atoms with van der Waals surface area (Å²) in [7, 11) is 0. The van der Waals surface area contributed by atoms with Gasteiger partial charge in [0.2, 0.25) is 0 Å². The Hall–Kier alpha value is -0.810. The minimum atomic E-state index is -0.426. The van der Waals surface area contributed by atoms with E-state index in [0.717, 1.165) is 58.2 Å². The molecule has 0 radical (unpaired) electrons. The maximum atomic E-state index is 12.1. The maximum Gasteiger partial charge on any atom is 0.410 e. The van der Waals surface area contributed by atoms with E-state index in [1.165, 1.54) is 0 Å². The van der Waals surface area contributed by atoms with Crippen LogP contribution >= 0.6 is 0 Å². The Balaban J connectivity index is 2.20. The normalized spacial score (nSPS) is 19.0. The van der Waals surface area contributed by atoms with Crippen molar-refractivity contribution in [1.82, 2.24) is 10.2 Å². The Labute approximate surface area is 129 Å². The predicted molar refractivity (Wildman–Crippen MR) is 84.4 cm³/mol. The summed E-state index contributed by atoms with van der Waals surface area (Å²) in [5.41, 5.74) is -0.426. The molecule has 0 aromatic rings. The van der Waals surface area contributed by atoms with Crippen LogP contribution in [0.2, 0.25) is 0 Å². The number of amides is 1. The van der Waals surface area contributed by atoms with Crippen molar-refractivity contribution in [2.75, 3.05) is 26.2 Å². The van der Waals surface area contributed by atoms with Gasteiger partial charge in [0.1, 0.15) is 5.60 Å². The highest BCUT2D eigenvalue weighted by atomic mass is 16.6. The molecule has 0 bridgehead atoms. The van der Waals surface area contributed by atoms with Gasteiger partial charge < -0.3 is 20.1 Å². The number of nitrogens with zero attached hydrogens (tertiary/aromatic N) is 1.